The van der Waals surface area contributed by atoms with Crippen LogP contribution in [0.5, 0.6) is 5.88 Å². The lowest BCUT2D eigenvalue weighted by atomic mass is 10.2. The molecule has 26 heavy (non-hydrogen) atoms. The molecule has 0 saturated carbocycles. The summed E-state index contributed by atoms with van der Waals surface area (Å²) in [5.74, 6) is -1.19. The fraction of sp³-hybridized carbons (Fsp3) is 0.235. The molecule has 1 amide bonds. The molecular formula is C17H17N3O6. The van der Waals surface area contributed by atoms with Crippen molar-refractivity contribution in [1.29, 1.82) is 0 Å². The number of carbonyl (C=O) groups excluding carboxylic acids is 2. The highest BCUT2D eigenvalue weighted by atomic mass is 16.6. The molecule has 0 radical (unpaired) electrons. The number of carbonyl (C=O) groups is 2. The molecular weight excluding hydrogens is 342 g/mol. The van der Waals surface area contributed by atoms with E-state index in [1.807, 2.05) is 0 Å². The van der Waals surface area contributed by atoms with Crippen molar-refractivity contribution in [2.75, 3.05) is 11.9 Å². The summed E-state index contributed by atoms with van der Waals surface area (Å²) in [7, 11) is 0. The van der Waals surface area contributed by atoms with Crippen molar-refractivity contribution in [3.63, 3.8) is 0 Å². The molecule has 1 N–H and O–H groups in total. The van der Waals surface area contributed by atoms with Gasteiger partial charge < -0.3 is 14.8 Å². The van der Waals surface area contributed by atoms with E-state index in [9.17, 15) is 19.7 Å². The highest BCUT2D eigenvalue weighted by molar-refractivity contribution is 5.98. The molecule has 9 nitrogen and oxygen atoms in total. The van der Waals surface area contributed by atoms with Gasteiger partial charge >= 0.3 is 5.97 Å². The fourth-order valence-corrected chi connectivity index (χ4v) is 1.99. The molecule has 1 heterocycles. The Labute approximate surface area is 149 Å². The predicted molar refractivity (Wildman–Crippen MR) is 92.0 cm³/mol. The Hall–Kier alpha value is -3.49. The minimum absolute atomic E-state index is 0.0949. The third-order valence-corrected chi connectivity index (χ3v) is 3.27. The number of ether oxygens (including phenoxy) is 2. The fourth-order valence-electron chi connectivity index (χ4n) is 1.99. The van der Waals surface area contributed by atoms with E-state index in [-0.39, 0.29) is 17.1 Å². The Bertz CT molecular complexity index is 806. The third kappa shape index (κ3) is 4.76. The standard InChI is InChI=1S/C17H17N3O6/c1-3-25-16-14(5-4-10-18-16)17(22)26-11(2)15(21)19-12-6-8-13(9-7-12)20(23)24/h4-11H,3H2,1-2H3,(H,19,21). The lowest BCUT2D eigenvalue weighted by Crippen LogP contribution is -2.30. The molecule has 9 heteroatoms. The number of rotatable bonds is 7. The molecule has 0 saturated heterocycles. The van der Waals surface area contributed by atoms with E-state index in [0.717, 1.165) is 0 Å². The average Bonchev–Trinajstić information content (AvgIpc) is 2.62. The van der Waals surface area contributed by atoms with Gasteiger partial charge in [-0.3, -0.25) is 14.9 Å². The van der Waals surface area contributed by atoms with Crippen molar-refractivity contribution >= 4 is 23.3 Å². The number of anilines is 1. The van der Waals surface area contributed by atoms with Crippen LogP contribution in [-0.4, -0.2) is 34.5 Å². The van der Waals surface area contributed by atoms with Gasteiger partial charge in [0.25, 0.3) is 11.6 Å². The lowest BCUT2D eigenvalue weighted by Gasteiger charge is -2.14. The Morgan fingerprint density at radius 3 is 2.58 bits per heavy atom. The molecule has 1 atom stereocenters. The summed E-state index contributed by atoms with van der Waals surface area (Å²) in [5, 5.41) is 13.1. The van der Waals surface area contributed by atoms with E-state index in [2.05, 4.69) is 10.3 Å². The molecule has 0 aliphatic heterocycles. The monoisotopic (exact) mass is 359 g/mol. The van der Waals surface area contributed by atoms with Crippen LogP contribution < -0.4 is 10.1 Å². The van der Waals surface area contributed by atoms with E-state index < -0.39 is 22.9 Å². The van der Waals surface area contributed by atoms with Crippen LogP contribution in [0.1, 0.15) is 24.2 Å². The van der Waals surface area contributed by atoms with Crippen molar-refractivity contribution in [3.8, 4) is 5.88 Å². The van der Waals surface area contributed by atoms with Crippen molar-refractivity contribution in [2.45, 2.75) is 20.0 Å². The van der Waals surface area contributed by atoms with Gasteiger partial charge in [0.05, 0.1) is 11.5 Å². The Morgan fingerprint density at radius 1 is 1.27 bits per heavy atom. The van der Waals surface area contributed by atoms with Gasteiger partial charge in [0.15, 0.2) is 6.10 Å². The summed E-state index contributed by atoms with van der Waals surface area (Å²) in [5.41, 5.74) is 0.367. The maximum Gasteiger partial charge on any atom is 0.344 e. The Balaban J connectivity index is 2.00. The van der Waals surface area contributed by atoms with Crippen LogP contribution in [0, 0.1) is 10.1 Å². The van der Waals surface area contributed by atoms with E-state index in [1.165, 1.54) is 43.5 Å². The largest absolute Gasteiger partial charge is 0.477 e. The van der Waals surface area contributed by atoms with Gasteiger partial charge in [-0.05, 0) is 38.1 Å². The topological polar surface area (TPSA) is 121 Å². The molecule has 0 fully saturated rings. The van der Waals surface area contributed by atoms with Gasteiger partial charge in [-0.2, -0.15) is 0 Å². The second kappa shape index (κ2) is 8.56. The van der Waals surface area contributed by atoms with E-state index in [0.29, 0.717) is 12.3 Å². The SMILES string of the molecule is CCOc1ncccc1C(=O)OC(C)C(=O)Nc1ccc([N+](=O)[O-])cc1. The quantitative estimate of drug-likeness (QED) is 0.458. The number of hydrogen-bond donors (Lipinski definition) is 1. The van der Waals surface area contributed by atoms with Crippen LogP contribution in [0.15, 0.2) is 42.6 Å². The molecule has 0 spiro atoms. The zero-order valence-corrected chi connectivity index (χ0v) is 14.2. The second-order valence-electron chi connectivity index (χ2n) is 5.13. The Kier molecular flexibility index (Phi) is 6.20. The highest BCUT2D eigenvalue weighted by Gasteiger charge is 2.22. The van der Waals surface area contributed by atoms with Crippen molar-refractivity contribution in [2.24, 2.45) is 0 Å². The summed E-state index contributed by atoms with van der Waals surface area (Å²) in [4.78, 5) is 38.4. The molecule has 0 aliphatic carbocycles. The number of aromatic nitrogens is 1. The summed E-state index contributed by atoms with van der Waals surface area (Å²) >= 11 is 0. The molecule has 2 aromatic rings. The summed E-state index contributed by atoms with van der Waals surface area (Å²) in [6.45, 7) is 3.49. The van der Waals surface area contributed by atoms with Crippen LogP contribution in [0.2, 0.25) is 0 Å². The van der Waals surface area contributed by atoms with Crippen LogP contribution in [0.3, 0.4) is 0 Å². The number of nitro benzene ring substituents is 1. The molecule has 136 valence electrons. The van der Waals surface area contributed by atoms with Crippen LogP contribution >= 0.6 is 0 Å². The zero-order chi connectivity index (χ0) is 19.1. The van der Waals surface area contributed by atoms with E-state index in [4.69, 9.17) is 9.47 Å². The molecule has 0 bridgehead atoms. The molecule has 2 rings (SSSR count). The normalized spacial score (nSPS) is 11.3. The number of nitrogens with zero attached hydrogens (tertiary/aromatic N) is 2. The average molecular weight is 359 g/mol. The van der Waals surface area contributed by atoms with Crippen molar-refractivity contribution in [3.05, 3.63) is 58.3 Å². The van der Waals surface area contributed by atoms with Crippen molar-refractivity contribution in [1.82, 2.24) is 4.98 Å². The van der Waals surface area contributed by atoms with E-state index in [1.54, 1.807) is 13.0 Å². The van der Waals surface area contributed by atoms with Crippen LogP contribution in [-0.2, 0) is 9.53 Å². The van der Waals surface area contributed by atoms with Crippen LogP contribution in [0.4, 0.5) is 11.4 Å². The number of hydrogen-bond acceptors (Lipinski definition) is 7. The highest BCUT2D eigenvalue weighted by Crippen LogP contribution is 2.18. The number of amides is 1. The molecule has 1 aromatic carbocycles. The van der Waals surface area contributed by atoms with Gasteiger partial charge in [0.2, 0.25) is 5.88 Å². The summed E-state index contributed by atoms with van der Waals surface area (Å²) in [6.07, 6.45) is 0.388. The zero-order valence-electron chi connectivity index (χ0n) is 14.2. The molecule has 1 unspecified atom stereocenters. The minimum atomic E-state index is -1.09. The third-order valence-electron chi connectivity index (χ3n) is 3.27. The van der Waals surface area contributed by atoms with Gasteiger partial charge in [-0.15, -0.1) is 0 Å². The van der Waals surface area contributed by atoms with Gasteiger partial charge in [0.1, 0.15) is 5.56 Å². The summed E-state index contributed by atoms with van der Waals surface area (Å²) in [6, 6.07) is 8.34. The van der Waals surface area contributed by atoms with Gasteiger partial charge in [-0.25, -0.2) is 9.78 Å². The predicted octanol–water partition coefficient (Wildman–Crippen LogP) is 2.57. The first kappa shape index (κ1) is 18.8. The minimum Gasteiger partial charge on any atom is -0.477 e. The first-order valence-electron chi connectivity index (χ1n) is 7.76. The molecule has 0 aliphatic rings. The smallest absolute Gasteiger partial charge is 0.344 e. The van der Waals surface area contributed by atoms with Crippen LogP contribution in [0.25, 0.3) is 0 Å². The number of benzene rings is 1. The second-order valence-corrected chi connectivity index (χ2v) is 5.13. The number of nitro groups is 1. The van der Waals surface area contributed by atoms with E-state index >= 15 is 0 Å². The summed E-state index contributed by atoms with van der Waals surface area (Å²) < 4.78 is 10.4. The van der Waals surface area contributed by atoms with Crippen molar-refractivity contribution < 1.29 is 24.0 Å². The lowest BCUT2D eigenvalue weighted by molar-refractivity contribution is -0.384. The number of esters is 1. The number of pyridine rings is 1. The Morgan fingerprint density at radius 2 is 1.96 bits per heavy atom. The maximum absolute atomic E-state index is 12.2. The molecule has 1 aromatic heterocycles. The maximum atomic E-state index is 12.2. The van der Waals surface area contributed by atoms with Gasteiger partial charge in [0, 0.05) is 24.0 Å². The number of non-ortho nitro benzene ring substituents is 1. The first-order valence-corrected chi connectivity index (χ1v) is 7.76. The first-order chi connectivity index (χ1) is 12.4. The van der Waals surface area contributed by atoms with Gasteiger partial charge in [-0.1, -0.05) is 0 Å². The number of nitrogens with one attached hydrogen (secondary N) is 1.